The topological polar surface area (TPSA) is 62.1 Å². The molecule has 1 N–H and O–H groups in total. The van der Waals surface area contributed by atoms with Crippen LogP contribution in [-0.4, -0.2) is 40.3 Å². The second-order valence-corrected chi connectivity index (χ2v) is 7.10. The molecule has 2 aromatic carbocycles. The minimum absolute atomic E-state index is 0.0414. The minimum atomic E-state index is -3.47. The highest BCUT2D eigenvalue weighted by Gasteiger charge is 2.53. The number of nitrogens with zero attached hydrogens (tertiary/aromatic N) is 2. The fourth-order valence-corrected chi connectivity index (χ4v) is 2.94. The van der Waals surface area contributed by atoms with Crippen molar-refractivity contribution in [1.29, 1.82) is 0 Å². The van der Waals surface area contributed by atoms with E-state index in [4.69, 9.17) is 4.74 Å². The summed E-state index contributed by atoms with van der Waals surface area (Å²) in [4.78, 5) is 12.5. The van der Waals surface area contributed by atoms with E-state index in [9.17, 15) is 27.5 Å². The number of hydrogen-bond acceptors (Lipinski definition) is 4. The molecule has 0 spiro atoms. The fraction of sp³-hybridized carbons (Fsp3) is 0.333. The first-order valence-electron chi connectivity index (χ1n) is 9.11. The van der Waals surface area contributed by atoms with E-state index in [0.717, 1.165) is 11.1 Å². The number of rotatable bonds is 6. The average molecular weight is 424 g/mol. The highest BCUT2D eigenvalue weighted by atomic mass is 19.3. The summed E-state index contributed by atoms with van der Waals surface area (Å²) in [6, 6.07) is 11.4. The van der Waals surface area contributed by atoms with Gasteiger partial charge in [0.15, 0.2) is 0 Å². The highest BCUT2D eigenvalue weighted by molar-refractivity contribution is 5.99. The largest absolute Gasteiger partial charge is 0.489 e. The van der Waals surface area contributed by atoms with E-state index in [1.165, 1.54) is 12.1 Å². The Hall–Kier alpha value is -2.94. The molecule has 160 valence electrons. The molecule has 0 saturated carbocycles. The fourth-order valence-electron chi connectivity index (χ4n) is 2.94. The van der Waals surface area contributed by atoms with E-state index in [2.05, 4.69) is 5.10 Å². The summed E-state index contributed by atoms with van der Waals surface area (Å²) in [6.07, 6.45) is -7.74. The third kappa shape index (κ3) is 4.30. The SMILES string of the molecule is Cc1ccc(OCc2ccc(C(=O)N3N=C(C(F)F)CC3(O)C(F)F)cc2)cc1C. The lowest BCUT2D eigenvalue weighted by molar-refractivity contribution is -0.164. The molecule has 5 nitrogen and oxygen atoms in total. The monoisotopic (exact) mass is 424 g/mol. The predicted molar refractivity (Wildman–Crippen MR) is 102 cm³/mol. The van der Waals surface area contributed by atoms with Crippen LogP contribution in [0.5, 0.6) is 5.75 Å². The molecule has 3 rings (SSSR count). The second kappa shape index (κ2) is 8.43. The van der Waals surface area contributed by atoms with Gasteiger partial charge < -0.3 is 9.84 Å². The lowest BCUT2D eigenvalue weighted by atomic mass is 10.1. The number of carbonyl (C=O) groups excluding carboxylic acids is 1. The normalized spacial score (nSPS) is 18.8. The molecule has 0 bridgehead atoms. The Kier molecular flexibility index (Phi) is 6.12. The highest BCUT2D eigenvalue weighted by Crippen LogP contribution is 2.34. The number of ether oxygens (including phenoxy) is 1. The number of aryl methyl sites for hydroxylation is 2. The zero-order chi connectivity index (χ0) is 22.1. The van der Waals surface area contributed by atoms with Gasteiger partial charge in [0.2, 0.25) is 5.72 Å². The van der Waals surface area contributed by atoms with Gasteiger partial charge in [0.1, 0.15) is 18.1 Å². The molecule has 2 aromatic rings. The molecule has 1 unspecified atom stereocenters. The number of hydrazone groups is 1. The molecule has 0 radical (unpaired) electrons. The van der Waals surface area contributed by atoms with Crippen molar-refractivity contribution >= 4 is 11.6 Å². The van der Waals surface area contributed by atoms with Gasteiger partial charge in [-0.25, -0.2) is 17.6 Å². The zero-order valence-electron chi connectivity index (χ0n) is 16.3. The number of carbonyl (C=O) groups is 1. The van der Waals surface area contributed by atoms with E-state index in [1.54, 1.807) is 12.1 Å². The smallest absolute Gasteiger partial charge is 0.287 e. The molecule has 1 atom stereocenters. The van der Waals surface area contributed by atoms with Gasteiger partial charge in [-0.2, -0.15) is 10.1 Å². The molecule has 0 aliphatic carbocycles. The number of amides is 1. The van der Waals surface area contributed by atoms with Crippen LogP contribution in [0.4, 0.5) is 17.6 Å². The van der Waals surface area contributed by atoms with Gasteiger partial charge in [-0.15, -0.1) is 0 Å². The summed E-state index contributed by atoms with van der Waals surface area (Å²) in [7, 11) is 0. The lowest BCUT2D eigenvalue weighted by Crippen LogP contribution is -2.51. The van der Waals surface area contributed by atoms with Crippen molar-refractivity contribution in [3.8, 4) is 5.75 Å². The molecule has 9 heteroatoms. The quantitative estimate of drug-likeness (QED) is 0.704. The Bertz CT molecular complexity index is 963. The Balaban J connectivity index is 1.73. The molecule has 30 heavy (non-hydrogen) atoms. The number of benzene rings is 2. The first-order valence-corrected chi connectivity index (χ1v) is 9.11. The Morgan fingerprint density at radius 3 is 2.37 bits per heavy atom. The van der Waals surface area contributed by atoms with Gasteiger partial charge in [-0.05, 0) is 54.8 Å². The first-order chi connectivity index (χ1) is 14.1. The Morgan fingerprint density at radius 1 is 1.13 bits per heavy atom. The standard InChI is InChI=1S/C21H20F4N2O3/c1-12-3-8-16(9-13(12)2)30-11-14-4-6-15(7-5-14)19(28)27-21(29,20(24)25)10-17(26-27)18(22)23/h3-9,18,20,29H,10-11H2,1-2H3. The summed E-state index contributed by atoms with van der Waals surface area (Å²) >= 11 is 0. The molecular weight excluding hydrogens is 404 g/mol. The summed E-state index contributed by atoms with van der Waals surface area (Å²) in [5.41, 5.74) is -1.24. The van der Waals surface area contributed by atoms with Crippen LogP contribution in [0.15, 0.2) is 47.6 Å². The average Bonchev–Trinajstić information content (AvgIpc) is 3.08. The van der Waals surface area contributed by atoms with Crippen LogP contribution in [0, 0.1) is 13.8 Å². The van der Waals surface area contributed by atoms with E-state index >= 15 is 0 Å². The summed E-state index contributed by atoms with van der Waals surface area (Å²) in [5.74, 6) is -0.429. The molecule has 0 aromatic heterocycles. The molecule has 1 aliphatic rings. The summed E-state index contributed by atoms with van der Waals surface area (Å²) in [6.45, 7) is 4.15. The maximum atomic E-state index is 13.3. The lowest BCUT2D eigenvalue weighted by Gasteiger charge is -2.30. The van der Waals surface area contributed by atoms with Crippen molar-refractivity contribution in [2.45, 2.75) is 45.5 Å². The zero-order valence-corrected chi connectivity index (χ0v) is 16.3. The molecule has 1 amide bonds. The van der Waals surface area contributed by atoms with Crippen LogP contribution in [0.3, 0.4) is 0 Å². The number of hydrogen-bond donors (Lipinski definition) is 1. The third-order valence-corrected chi connectivity index (χ3v) is 4.92. The van der Waals surface area contributed by atoms with E-state index in [0.29, 0.717) is 11.3 Å². The van der Waals surface area contributed by atoms with Crippen LogP contribution in [0.25, 0.3) is 0 Å². The van der Waals surface area contributed by atoms with Gasteiger partial charge in [0.25, 0.3) is 18.8 Å². The van der Waals surface area contributed by atoms with Gasteiger partial charge in [-0.3, -0.25) is 4.79 Å². The van der Waals surface area contributed by atoms with E-state index in [1.807, 2.05) is 32.0 Å². The van der Waals surface area contributed by atoms with Crippen molar-refractivity contribution in [2.75, 3.05) is 0 Å². The maximum Gasteiger partial charge on any atom is 0.287 e. The molecule has 0 saturated heterocycles. The van der Waals surface area contributed by atoms with Crippen molar-refractivity contribution in [3.63, 3.8) is 0 Å². The second-order valence-electron chi connectivity index (χ2n) is 7.10. The molecule has 0 fully saturated rings. The van der Waals surface area contributed by atoms with Gasteiger partial charge >= 0.3 is 0 Å². The maximum absolute atomic E-state index is 13.3. The van der Waals surface area contributed by atoms with Crippen molar-refractivity contribution < 1.29 is 32.2 Å². The number of halogens is 4. The molecule has 1 heterocycles. The Morgan fingerprint density at radius 2 is 1.80 bits per heavy atom. The van der Waals surface area contributed by atoms with Gasteiger partial charge in [-0.1, -0.05) is 18.2 Å². The first kappa shape index (κ1) is 21.8. The van der Waals surface area contributed by atoms with Crippen LogP contribution in [-0.2, 0) is 6.61 Å². The van der Waals surface area contributed by atoms with Crippen LogP contribution < -0.4 is 4.74 Å². The van der Waals surface area contributed by atoms with Crippen LogP contribution in [0.2, 0.25) is 0 Å². The van der Waals surface area contributed by atoms with Crippen molar-refractivity contribution in [1.82, 2.24) is 5.01 Å². The number of aliphatic hydroxyl groups is 1. The van der Waals surface area contributed by atoms with Crippen molar-refractivity contribution in [3.05, 3.63) is 64.7 Å². The molecule has 1 aliphatic heterocycles. The van der Waals surface area contributed by atoms with Crippen LogP contribution >= 0.6 is 0 Å². The third-order valence-electron chi connectivity index (χ3n) is 4.92. The summed E-state index contributed by atoms with van der Waals surface area (Å²) < 4.78 is 58.0. The minimum Gasteiger partial charge on any atom is -0.489 e. The van der Waals surface area contributed by atoms with Crippen molar-refractivity contribution in [2.24, 2.45) is 5.10 Å². The van der Waals surface area contributed by atoms with Gasteiger partial charge in [0, 0.05) is 12.0 Å². The summed E-state index contributed by atoms with van der Waals surface area (Å²) in [5, 5.41) is 13.4. The predicted octanol–water partition coefficient (Wildman–Crippen LogP) is 4.30. The molecular formula is C21H20F4N2O3. The van der Waals surface area contributed by atoms with Crippen LogP contribution in [0.1, 0.15) is 33.5 Å². The Labute approximate surface area is 170 Å². The van der Waals surface area contributed by atoms with E-state index < -0.39 is 36.6 Å². The number of alkyl halides is 4. The van der Waals surface area contributed by atoms with Gasteiger partial charge in [0.05, 0.1) is 0 Å². The van der Waals surface area contributed by atoms with E-state index in [-0.39, 0.29) is 17.2 Å².